The number of ether oxygens (including phenoxy) is 1. The van der Waals surface area contributed by atoms with E-state index in [4.69, 9.17) is 9.72 Å². The first-order chi connectivity index (χ1) is 17.0. The molecule has 35 heavy (non-hydrogen) atoms. The van der Waals surface area contributed by atoms with Crippen LogP contribution in [0.5, 0.6) is 5.88 Å². The Morgan fingerprint density at radius 2 is 1.91 bits per heavy atom. The first-order valence-corrected chi connectivity index (χ1v) is 13.5. The molecule has 184 valence electrons. The number of imidazole rings is 1. The van der Waals surface area contributed by atoms with Crippen LogP contribution in [0.15, 0.2) is 36.7 Å². The molecule has 0 radical (unpaired) electrons. The van der Waals surface area contributed by atoms with Crippen LogP contribution >= 0.6 is 0 Å². The van der Waals surface area contributed by atoms with Gasteiger partial charge in [-0.15, -0.1) is 0 Å². The van der Waals surface area contributed by atoms with Crippen molar-refractivity contribution in [2.75, 3.05) is 37.6 Å². The third-order valence-corrected chi connectivity index (χ3v) is 9.09. The van der Waals surface area contributed by atoms with Gasteiger partial charge >= 0.3 is 0 Å². The highest BCUT2D eigenvalue weighted by atomic mass is 32.2. The molecule has 2 N–H and O–H groups in total. The van der Waals surface area contributed by atoms with Crippen LogP contribution in [-0.2, 0) is 15.8 Å². The normalized spacial score (nSPS) is 22.8. The number of nitrogens with zero attached hydrogens (tertiary/aromatic N) is 4. The van der Waals surface area contributed by atoms with Crippen molar-refractivity contribution in [3.63, 3.8) is 0 Å². The lowest BCUT2D eigenvalue weighted by atomic mass is 10.0. The minimum Gasteiger partial charge on any atom is -0.473 e. The second kappa shape index (κ2) is 9.23. The van der Waals surface area contributed by atoms with Gasteiger partial charge in [-0.05, 0) is 38.0 Å². The van der Waals surface area contributed by atoms with E-state index in [1.54, 1.807) is 6.33 Å². The largest absolute Gasteiger partial charge is 0.473 e. The maximum atomic E-state index is 12.4. The zero-order valence-corrected chi connectivity index (χ0v) is 20.6. The van der Waals surface area contributed by atoms with Gasteiger partial charge in [0.05, 0.1) is 28.5 Å². The number of carbonyl (C=O) groups excluding carboxylic acids is 1. The van der Waals surface area contributed by atoms with E-state index in [1.807, 2.05) is 13.0 Å². The summed E-state index contributed by atoms with van der Waals surface area (Å²) in [7, 11) is -0.807. The van der Waals surface area contributed by atoms with Crippen LogP contribution in [0.1, 0.15) is 26.2 Å². The third-order valence-electron chi connectivity index (χ3n) is 7.18. The average Bonchev–Trinajstić information content (AvgIpc) is 3.46. The van der Waals surface area contributed by atoms with Crippen molar-refractivity contribution in [1.29, 1.82) is 0 Å². The summed E-state index contributed by atoms with van der Waals surface area (Å²) >= 11 is 0. The van der Waals surface area contributed by atoms with E-state index in [0.717, 1.165) is 61.5 Å². The summed E-state index contributed by atoms with van der Waals surface area (Å²) in [4.78, 5) is 26.3. The fourth-order valence-corrected chi connectivity index (χ4v) is 6.31. The topological polar surface area (TPSA) is 103 Å². The Morgan fingerprint density at radius 1 is 1.14 bits per heavy atom. The number of fused-ring (bicyclic) bond motifs is 1. The second-order valence-corrected chi connectivity index (χ2v) is 11.4. The lowest BCUT2D eigenvalue weighted by Gasteiger charge is -2.35. The molecule has 0 spiro atoms. The van der Waals surface area contributed by atoms with Crippen molar-refractivity contribution in [3.05, 3.63) is 36.7 Å². The van der Waals surface area contributed by atoms with Gasteiger partial charge in [0.25, 0.3) is 0 Å². The summed E-state index contributed by atoms with van der Waals surface area (Å²) in [6.45, 7) is 6.03. The zero-order chi connectivity index (χ0) is 23.9. The van der Waals surface area contributed by atoms with Gasteiger partial charge < -0.3 is 19.9 Å². The summed E-state index contributed by atoms with van der Waals surface area (Å²) in [5.41, 5.74) is 4.52. The van der Waals surface area contributed by atoms with Gasteiger partial charge in [-0.25, -0.2) is 18.5 Å². The molecule has 2 saturated heterocycles. The number of carbonyl (C=O) groups is 1. The molecule has 4 heterocycles. The van der Waals surface area contributed by atoms with E-state index in [9.17, 15) is 9.00 Å². The molecule has 3 fully saturated rings. The highest BCUT2D eigenvalue weighted by molar-refractivity contribution is 7.83. The number of hydrogen-bond donors (Lipinski definition) is 2. The molecule has 3 atom stereocenters. The van der Waals surface area contributed by atoms with Gasteiger partial charge in [-0.1, -0.05) is 12.1 Å². The van der Waals surface area contributed by atoms with Crippen LogP contribution in [0.25, 0.3) is 22.3 Å². The summed E-state index contributed by atoms with van der Waals surface area (Å²) in [6.07, 6.45) is 4.17. The highest BCUT2D eigenvalue weighted by Crippen LogP contribution is 2.31. The highest BCUT2D eigenvalue weighted by Gasteiger charge is 2.34. The zero-order valence-electron chi connectivity index (χ0n) is 19.8. The number of pyridine rings is 1. The standard InChI is InChI=1S/C25H30N6O3S/c1-16(18-12-23(32)26-14-18)34-25-24-22(27-15-28-24)13-21(29-25)17-2-4-19(5-3-17)30-8-10-31(11-9-30)35(33)20-6-7-20/h2-5,13,15-16,18,20H,6-12,14H2,1H3,(H,26,32)(H,27,28). The molecule has 1 aliphatic carbocycles. The average molecular weight is 495 g/mol. The number of anilines is 1. The molecule has 6 rings (SSSR count). The summed E-state index contributed by atoms with van der Waals surface area (Å²) in [6, 6.07) is 10.4. The quantitative estimate of drug-likeness (QED) is 0.523. The van der Waals surface area contributed by atoms with Gasteiger partial charge in [0.1, 0.15) is 6.10 Å². The van der Waals surface area contributed by atoms with Gasteiger partial charge in [0.15, 0.2) is 5.52 Å². The maximum Gasteiger partial charge on any atom is 0.243 e. The predicted molar refractivity (Wildman–Crippen MR) is 135 cm³/mol. The fraction of sp³-hybridized carbons (Fsp3) is 0.480. The lowest BCUT2D eigenvalue weighted by molar-refractivity contribution is -0.119. The second-order valence-electron chi connectivity index (χ2n) is 9.64. The Labute approximate surface area is 206 Å². The molecular formula is C25H30N6O3S. The lowest BCUT2D eigenvalue weighted by Crippen LogP contribution is -2.47. The van der Waals surface area contributed by atoms with Crippen molar-refractivity contribution in [2.24, 2.45) is 5.92 Å². The number of aromatic amines is 1. The number of H-pyrrole nitrogens is 1. The molecule has 1 amide bonds. The van der Waals surface area contributed by atoms with Crippen LogP contribution < -0.4 is 15.0 Å². The number of aromatic nitrogens is 3. The van der Waals surface area contributed by atoms with E-state index in [1.165, 1.54) is 0 Å². The molecule has 3 aromatic rings. The van der Waals surface area contributed by atoms with Crippen molar-refractivity contribution >= 4 is 33.6 Å². The number of benzene rings is 1. The molecule has 3 aliphatic rings. The first-order valence-electron chi connectivity index (χ1n) is 12.3. The van der Waals surface area contributed by atoms with E-state index >= 15 is 0 Å². The van der Waals surface area contributed by atoms with Crippen molar-refractivity contribution in [3.8, 4) is 17.1 Å². The number of nitrogens with one attached hydrogen (secondary N) is 2. The number of rotatable bonds is 7. The summed E-state index contributed by atoms with van der Waals surface area (Å²) in [5.74, 6) is 0.660. The first kappa shape index (κ1) is 22.5. The van der Waals surface area contributed by atoms with E-state index < -0.39 is 11.0 Å². The van der Waals surface area contributed by atoms with Crippen molar-refractivity contribution in [2.45, 2.75) is 37.5 Å². The number of hydrogen-bond acceptors (Lipinski definition) is 6. The van der Waals surface area contributed by atoms with Crippen LogP contribution in [0.3, 0.4) is 0 Å². The number of piperazine rings is 1. The van der Waals surface area contributed by atoms with Gasteiger partial charge in [-0.3, -0.25) is 4.79 Å². The molecule has 0 bridgehead atoms. The van der Waals surface area contributed by atoms with Crippen molar-refractivity contribution in [1.82, 2.24) is 24.6 Å². The number of amides is 1. The van der Waals surface area contributed by atoms with Crippen molar-refractivity contribution < 1.29 is 13.7 Å². The van der Waals surface area contributed by atoms with E-state index in [0.29, 0.717) is 29.6 Å². The van der Waals surface area contributed by atoms with Crippen LogP contribution in [0.4, 0.5) is 5.69 Å². The molecular weight excluding hydrogens is 464 g/mol. The molecule has 10 heteroatoms. The molecule has 3 unspecified atom stereocenters. The molecule has 2 aromatic heterocycles. The van der Waals surface area contributed by atoms with Crippen LogP contribution in [-0.4, -0.2) is 73.5 Å². The summed E-state index contributed by atoms with van der Waals surface area (Å²) in [5, 5.41) is 3.27. The predicted octanol–water partition coefficient (Wildman–Crippen LogP) is 2.48. The molecule has 9 nitrogen and oxygen atoms in total. The fourth-order valence-electron chi connectivity index (χ4n) is 4.83. The minimum atomic E-state index is -0.807. The van der Waals surface area contributed by atoms with Gasteiger partial charge in [-0.2, -0.15) is 0 Å². The maximum absolute atomic E-state index is 12.4. The van der Waals surface area contributed by atoms with E-state index in [2.05, 4.69) is 48.8 Å². The van der Waals surface area contributed by atoms with Crippen LogP contribution in [0, 0.1) is 5.92 Å². The molecule has 2 aliphatic heterocycles. The molecule has 1 aromatic carbocycles. The van der Waals surface area contributed by atoms with E-state index in [-0.39, 0.29) is 17.9 Å². The molecule has 1 saturated carbocycles. The van der Waals surface area contributed by atoms with Gasteiger partial charge in [0.2, 0.25) is 11.8 Å². The Hall–Kier alpha value is -2.98. The Kier molecular flexibility index (Phi) is 5.93. The third kappa shape index (κ3) is 4.64. The monoisotopic (exact) mass is 494 g/mol. The van der Waals surface area contributed by atoms with Gasteiger partial charge in [0, 0.05) is 61.6 Å². The minimum absolute atomic E-state index is 0.0646. The Morgan fingerprint density at radius 3 is 2.60 bits per heavy atom. The SMILES string of the molecule is CC(Oc1nc(-c2ccc(N3CCN(S(=O)C4CC4)CC3)cc2)cc2[nH]cnc12)C1CNC(=O)C1. The Bertz CT molecular complexity index is 1250. The van der Waals surface area contributed by atoms with Crippen LogP contribution in [0.2, 0.25) is 0 Å². The smallest absolute Gasteiger partial charge is 0.243 e. The Balaban J connectivity index is 1.17. The summed E-state index contributed by atoms with van der Waals surface area (Å²) < 4.78 is 20.8.